The minimum atomic E-state index is -0.00852. The minimum absolute atomic E-state index is 0.00852. The highest BCUT2D eigenvalue weighted by Crippen LogP contribution is 2.21. The molecule has 0 unspecified atom stereocenters. The molecule has 126 valence electrons. The van der Waals surface area contributed by atoms with Crippen molar-refractivity contribution in [3.8, 4) is 0 Å². The van der Waals surface area contributed by atoms with Gasteiger partial charge < -0.3 is 4.90 Å². The Labute approximate surface area is 144 Å². The predicted molar refractivity (Wildman–Crippen MR) is 95.2 cm³/mol. The molecule has 0 spiro atoms. The molecule has 1 amide bonds. The van der Waals surface area contributed by atoms with Gasteiger partial charge in [-0.25, -0.2) is 0 Å². The molecule has 1 saturated heterocycles. The van der Waals surface area contributed by atoms with Crippen LogP contribution >= 0.6 is 0 Å². The SMILES string of the molecule is CN(Cc1ccncc1)C(=O)[C@@H]1CCCCN1Cc1ccccc1. The van der Waals surface area contributed by atoms with Crippen LogP contribution in [0, 0.1) is 0 Å². The van der Waals surface area contributed by atoms with Gasteiger partial charge in [0.1, 0.15) is 0 Å². The Morgan fingerprint density at radius 3 is 2.62 bits per heavy atom. The summed E-state index contributed by atoms with van der Waals surface area (Å²) in [4.78, 5) is 21.2. The number of hydrogen-bond acceptors (Lipinski definition) is 3. The monoisotopic (exact) mass is 323 g/mol. The average molecular weight is 323 g/mol. The fraction of sp³-hybridized carbons (Fsp3) is 0.400. The maximum atomic E-state index is 13.0. The minimum Gasteiger partial charge on any atom is -0.340 e. The second kappa shape index (κ2) is 8.06. The Kier molecular flexibility index (Phi) is 5.59. The van der Waals surface area contributed by atoms with Crippen molar-refractivity contribution in [3.05, 3.63) is 66.0 Å². The van der Waals surface area contributed by atoms with E-state index >= 15 is 0 Å². The molecule has 4 heteroatoms. The smallest absolute Gasteiger partial charge is 0.239 e. The molecule has 0 bridgehead atoms. The Balaban J connectivity index is 1.66. The van der Waals surface area contributed by atoms with Gasteiger partial charge in [0.25, 0.3) is 0 Å². The lowest BCUT2D eigenvalue weighted by molar-refractivity contribution is -0.137. The molecule has 1 aromatic carbocycles. The van der Waals surface area contributed by atoms with Gasteiger partial charge >= 0.3 is 0 Å². The van der Waals surface area contributed by atoms with Crippen molar-refractivity contribution in [2.24, 2.45) is 0 Å². The lowest BCUT2D eigenvalue weighted by Gasteiger charge is -2.36. The van der Waals surface area contributed by atoms with Gasteiger partial charge in [-0.2, -0.15) is 0 Å². The van der Waals surface area contributed by atoms with E-state index in [1.54, 1.807) is 12.4 Å². The van der Waals surface area contributed by atoms with Crippen molar-refractivity contribution in [2.75, 3.05) is 13.6 Å². The molecular formula is C20H25N3O. The number of carbonyl (C=O) groups excluding carboxylic acids is 1. The van der Waals surface area contributed by atoms with Crippen molar-refractivity contribution < 1.29 is 4.79 Å². The second-order valence-electron chi connectivity index (χ2n) is 6.52. The third-order valence-electron chi connectivity index (χ3n) is 4.67. The van der Waals surface area contributed by atoms with Crippen LogP contribution < -0.4 is 0 Å². The van der Waals surface area contributed by atoms with Crippen molar-refractivity contribution >= 4 is 5.91 Å². The summed E-state index contributed by atoms with van der Waals surface area (Å²) in [5.74, 6) is 0.224. The van der Waals surface area contributed by atoms with E-state index in [2.05, 4.69) is 34.1 Å². The standard InChI is InChI=1S/C20H25N3O/c1-22(15-18-10-12-21-13-11-18)20(24)19-9-5-6-14-23(19)16-17-7-3-2-4-8-17/h2-4,7-8,10-13,19H,5-6,9,14-16H2,1H3/t19-/m0/s1. The van der Waals surface area contributed by atoms with E-state index in [1.807, 2.05) is 30.1 Å². The molecule has 0 saturated carbocycles. The van der Waals surface area contributed by atoms with Crippen molar-refractivity contribution in [2.45, 2.75) is 38.4 Å². The van der Waals surface area contributed by atoms with Crippen molar-refractivity contribution in [1.82, 2.24) is 14.8 Å². The van der Waals surface area contributed by atoms with Crippen LogP contribution in [0.15, 0.2) is 54.9 Å². The van der Waals surface area contributed by atoms with Crippen molar-refractivity contribution in [3.63, 3.8) is 0 Å². The van der Waals surface area contributed by atoms with Gasteiger partial charge in [-0.1, -0.05) is 36.8 Å². The molecule has 2 heterocycles. The molecule has 24 heavy (non-hydrogen) atoms. The highest BCUT2D eigenvalue weighted by Gasteiger charge is 2.30. The molecule has 1 aliphatic rings. The van der Waals surface area contributed by atoms with E-state index in [-0.39, 0.29) is 11.9 Å². The van der Waals surface area contributed by atoms with E-state index in [0.717, 1.165) is 31.5 Å². The largest absolute Gasteiger partial charge is 0.340 e. The summed E-state index contributed by atoms with van der Waals surface area (Å²) in [5, 5.41) is 0. The Morgan fingerprint density at radius 2 is 1.88 bits per heavy atom. The number of rotatable bonds is 5. The first-order chi connectivity index (χ1) is 11.7. The van der Waals surface area contributed by atoms with Crippen LogP contribution in [-0.4, -0.2) is 40.3 Å². The number of aromatic nitrogens is 1. The van der Waals surface area contributed by atoms with Gasteiger partial charge in [0.2, 0.25) is 5.91 Å². The molecule has 2 aromatic rings. The first kappa shape index (κ1) is 16.7. The maximum absolute atomic E-state index is 13.0. The zero-order chi connectivity index (χ0) is 16.8. The lowest BCUT2D eigenvalue weighted by atomic mass is 9.99. The number of likely N-dealkylation sites (tertiary alicyclic amines) is 1. The Hall–Kier alpha value is -2.20. The fourth-order valence-corrected chi connectivity index (χ4v) is 3.37. The number of amides is 1. The third kappa shape index (κ3) is 4.20. The fourth-order valence-electron chi connectivity index (χ4n) is 3.37. The summed E-state index contributed by atoms with van der Waals surface area (Å²) in [5.41, 5.74) is 2.39. The van der Waals surface area contributed by atoms with Crippen LogP contribution in [0.5, 0.6) is 0 Å². The molecule has 1 aromatic heterocycles. The maximum Gasteiger partial charge on any atom is 0.239 e. The number of benzene rings is 1. The second-order valence-corrected chi connectivity index (χ2v) is 6.52. The van der Waals surface area contributed by atoms with Gasteiger partial charge in [0.05, 0.1) is 6.04 Å². The van der Waals surface area contributed by atoms with Crippen LogP contribution in [0.1, 0.15) is 30.4 Å². The molecule has 1 aliphatic heterocycles. The normalized spacial score (nSPS) is 18.3. The molecule has 0 aliphatic carbocycles. The van der Waals surface area contributed by atoms with E-state index in [1.165, 1.54) is 12.0 Å². The average Bonchev–Trinajstić information content (AvgIpc) is 2.63. The van der Waals surface area contributed by atoms with E-state index in [9.17, 15) is 4.79 Å². The van der Waals surface area contributed by atoms with Crippen LogP contribution in [0.25, 0.3) is 0 Å². The van der Waals surface area contributed by atoms with Gasteiger partial charge in [0.15, 0.2) is 0 Å². The summed E-state index contributed by atoms with van der Waals surface area (Å²) in [7, 11) is 1.90. The zero-order valence-corrected chi connectivity index (χ0v) is 14.3. The Morgan fingerprint density at radius 1 is 1.12 bits per heavy atom. The molecule has 1 atom stereocenters. The number of likely N-dealkylation sites (N-methyl/N-ethyl adjacent to an activating group) is 1. The number of carbonyl (C=O) groups is 1. The first-order valence-corrected chi connectivity index (χ1v) is 8.66. The molecule has 4 nitrogen and oxygen atoms in total. The van der Waals surface area contributed by atoms with Gasteiger partial charge in [0, 0.05) is 32.5 Å². The predicted octanol–water partition coefficient (Wildman–Crippen LogP) is 3.09. The summed E-state index contributed by atoms with van der Waals surface area (Å²) < 4.78 is 0. The molecule has 1 fully saturated rings. The van der Waals surface area contributed by atoms with Crippen LogP contribution in [0.4, 0.5) is 0 Å². The zero-order valence-electron chi connectivity index (χ0n) is 14.3. The third-order valence-corrected chi connectivity index (χ3v) is 4.67. The summed E-state index contributed by atoms with van der Waals surface area (Å²) >= 11 is 0. The van der Waals surface area contributed by atoms with Gasteiger partial charge in [-0.3, -0.25) is 14.7 Å². The number of hydrogen-bond donors (Lipinski definition) is 0. The summed E-state index contributed by atoms with van der Waals surface area (Å²) in [6.07, 6.45) is 6.80. The summed E-state index contributed by atoms with van der Waals surface area (Å²) in [6.45, 7) is 2.48. The molecule has 0 N–H and O–H groups in total. The topological polar surface area (TPSA) is 36.4 Å². The van der Waals surface area contributed by atoms with E-state index < -0.39 is 0 Å². The quantitative estimate of drug-likeness (QED) is 0.848. The highest BCUT2D eigenvalue weighted by molar-refractivity contribution is 5.81. The molecule has 3 rings (SSSR count). The van der Waals surface area contributed by atoms with Crippen LogP contribution in [0.3, 0.4) is 0 Å². The Bertz CT molecular complexity index is 644. The lowest BCUT2D eigenvalue weighted by Crippen LogP contribution is -2.49. The number of nitrogens with zero attached hydrogens (tertiary/aromatic N) is 3. The first-order valence-electron chi connectivity index (χ1n) is 8.66. The summed E-state index contributed by atoms with van der Waals surface area (Å²) in [6, 6.07) is 14.3. The van der Waals surface area contributed by atoms with Gasteiger partial charge in [-0.05, 0) is 42.6 Å². The van der Waals surface area contributed by atoms with E-state index in [4.69, 9.17) is 0 Å². The number of piperidine rings is 1. The van der Waals surface area contributed by atoms with Crippen LogP contribution in [-0.2, 0) is 17.9 Å². The molecular weight excluding hydrogens is 298 g/mol. The van der Waals surface area contributed by atoms with Gasteiger partial charge in [-0.15, -0.1) is 0 Å². The van der Waals surface area contributed by atoms with E-state index in [0.29, 0.717) is 6.54 Å². The number of pyridine rings is 1. The van der Waals surface area contributed by atoms with Crippen LogP contribution in [0.2, 0.25) is 0 Å². The highest BCUT2D eigenvalue weighted by atomic mass is 16.2. The van der Waals surface area contributed by atoms with Crippen molar-refractivity contribution in [1.29, 1.82) is 0 Å². The molecule has 0 radical (unpaired) electrons.